The molecule has 6 nitrogen and oxygen atoms in total. The Morgan fingerprint density at radius 2 is 1.56 bits per heavy atom. The molecule has 36 heavy (non-hydrogen) atoms. The van der Waals surface area contributed by atoms with Crippen LogP contribution in [0.15, 0.2) is 72.3 Å². The molecule has 1 aliphatic heterocycles. The van der Waals surface area contributed by atoms with Crippen LogP contribution in [-0.4, -0.2) is 22.4 Å². The van der Waals surface area contributed by atoms with Gasteiger partial charge in [-0.2, -0.15) is 0 Å². The van der Waals surface area contributed by atoms with Gasteiger partial charge in [0.2, 0.25) is 0 Å². The van der Waals surface area contributed by atoms with Crippen molar-refractivity contribution in [1.82, 2.24) is 9.88 Å². The first-order valence-electron chi connectivity index (χ1n) is 11.6. The lowest BCUT2D eigenvalue weighted by molar-refractivity contribution is -0.122. The van der Waals surface area contributed by atoms with Crippen molar-refractivity contribution in [3.63, 3.8) is 0 Å². The monoisotopic (exact) mass is 481 g/mol. The Balaban J connectivity index is 1.63. The van der Waals surface area contributed by atoms with E-state index in [9.17, 15) is 18.8 Å². The van der Waals surface area contributed by atoms with Gasteiger partial charge in [-0.1, -0.05) is 42.5 Å². The predicted molar refractivity (Wildman–Crippen MR) is 137 cm³/mol. The van der Waals surface area contributed by atoms with Gasteiger partial charge in [0.25, 0.3) is 11.8 Å². The van der Waals surface area contributed by atoms with Gasteiger partial charge < -0.3 is 4.57 Å². The Bertz CT molecular complexity index is 1580. The van der Waals surface area contributed by atoms with Crippen molar-refractivity contribution in [1.29, 1.82) is 0 Å². The van der Waals surface area contributed by atoms with Crippen LogP contribution < -0.4 is 10.2 Å². The maximum Gasteiger partial charge on any atom is 0.335 e. The van der Waals surface area contributed by atoms with E-state index < -0.39 is 17.8 Å². The highest BCUT2D eigenvalue weighted by Crippen LogP contribution is 2.31. The van der Waals surface area contributed by atoms with Crippen molar-refractivity contribution in [2.75, 3.05) is 4.90 Å². The molecular formula is C29H24FN3O3. The second-order valence-electron chi connectivity index (χ2n) is 9.00. The SMILES string of the molecule is Cc1cc(C)cc(N2C(=O)NC(=O)/C(=C\c3c(C)n(Cc4ccccc4F)c4ccccc34)C2=O)c1. The van der Waals surface area contributed by atoms with Crippen molar-refractivity contribution in [2.45, 2.75) is 27.3 Å². The van der Waals surface area contributed by atoms with Gasteiger partial charge in [0.1, 0.15) is 11.4 Å². The fraction of sp³-hybridized carbons (Fsp3) is 0.138. The Labute approximate surface area is 207 Å². The molecule has 3 aromatic carbocycles. The summed E-state index contributed by atoms with van der Waals surface area (Å²) in [5.41, 5.74) is 4.82. The number of nitrogens with one attached hydrogen (secondary N) is 1. The third-order valence-corrected chi connectivity index (χ3v) is 6.42. The normalized spacial score (nSPS) is 15.2. The van der Waals surface area contributed by atoms with Crippen LogP contribution in [-0.2, 0) is 16.1 Å². The van der Waals surface area contributed by atoms with Crippen LogP contribution >= 0.6 is 0 Å². The molecule has 0 saturated carbocycles. The van der Waals surface area contributed by atoms with Crippen LogP contribution in [0.4, 0.5) is 14.9 Å². The number of benzene rings is 3. The number of hydrogen-bond donors (Lipinski definition) is 1. The molecule has 2 heterocycles. The van der Waals surface area contributed by atoms with Gasteiger partial charge >= 0.3 is 6.03 Å². The number of carbonyl (C=O) groups excluding carboxylic acids is 3. The molecule has 180 valence electrons. The molecule has 1 saturated heterocycles. The Hall–Kier alpha value is -4.52. The number of fused-ring (bicyclic) bond motifs is 1. The number of urea groups is 1. The number of rotatable bonds is 4. The van der Waals surface area contributed by atoms with Gasteiger partial charge in [-0.3, -0.25) is 14.9 Å². The zero-order chi connectivity index (χ0) is 25.6. The maximum absolute atomic E-state index is 14.4. The molecule has 0 radical (unpaired) electrons. The number of aryl methyl sites for hydroxylation is 2. The minimum Gasteiger partial charge on any atom is -0.340 e. The zero-order valence-corrected chi connectivity index (χ0v) is 20.1. The van der Waals surface area contributed by atoms with Crippen molar-refractivity contribution >= 4 is 40.5 Å². The third kappa shape index (κ3) is 3.98. The standard InChI is InChI=1S/C29H24FN3O3/c1-17-12-18(2)14-21(13-17)33-28(35)24(27(34)31-29(33)36)15-23-19(3)32(26-11-7-5-9-22(23)26)16-20-8-4-6-10-25(20)30/h4-15H,16H2,1-3H3,(H,31,34,36)/b24-15+. The summed E-state index contributed by atoms with van der Waals surface area (Å²) in [6, 6.07) is 18.7. The average Bonchev–Trinajstić information content (AvgIpc) is 3.08. The highest BCUT2D eigenvalue weighted by Gasteiger charge is 2.37. The van der Waals surface area contributed by atoms with Crippen LogP contribution in [0, 0.1) is 26.6 Å². The predicted octanol–water partition coefficient (Wildman–Crippen LogP) is 5.42. The van der Waals surface area contributed by atoms with E-state index in [2.05, 4.69) is 5.32 Å². The fourth-order valence-corrected chi connectivity index (χ4v) is 4.76. The molecule has 0 spiro atoms. The summed E-state index contributed by atoms with van der Waals surface area (Å²) in [4.78, 5) is 39.9. The molecule has 0 unspecified atom stereocenters. The number of para-hydroxylation sites is 1. The van der Waals surface area contributed by atoms with Gasteiger partial charge in [-0.25, -0.2) is 14.1 Å². The summed E-state index contributed by atoms with van der Waals surface area (Å²) in [6.45, 7) is 5.90. The van der Waals surface area contributed by atoms with Gasteiger partial charge in [0.05, 0.1) is 12.2 Å². The smallest absolute Gasteiger partial charge is 0.335 e. The van der Waals surface area contributed by atoms with E-state index in [1.165, 1.54) is 12.1 Å². The number of hydrogen-bond acceptors (Lipinski definition) is 3. The highest BCUT2D eigenvalue weighted by molar-refractivity contribution is 6.39. The van der Waals surface area contributed by atoms with Crippen molar-refractivity contribution in [2.24, 2.45) is 0 Å². The first-order valence-corrected chi connectivity index (χ1v) is 11.6. The molecule has 0 aliphatic carbocycles. The van der Waals surface area contributed by atoms with E-state index in [4.69, 9.17) is 0 Å². The van der Waals surface area contributed by atoms with E-state index in [1.54, 1.807) is 30.3 Å². The number of imide groups is 2. The molecule has 4 amide bonds. The van der Waals surface area contributed by atoms with Crippen molar-refractivity contribution < 1.29 is 18.8 Å². The Morgan fingerprint density at radius 3 is 2.28 bits per heavy atom. The Morgan fingerprint density at radius 1 is 0.889 bits per heavy atom. The zero-order valence-electron chi connectivity index (χ0n) is 20.1. The fourth-order valence-electron chi connectivity index (χ4n) is 4.76. The molecule has 1 fully saturated rings. The second-order valence-corrected chi connectivity index (χ2v) is 9.00. The molecule has 0 bridgehead atoms. The number of barbiturate groups is 1. The quantitative estimate of drug-likeness (QED) is 0.313. The van der Waals surface area contributed by atoms with Crippen LogP contribution in [0.3, 0.4) is 0 Å². The third-order valence-electron chi connectivity index (χ3n) is 6.42. The van der Waals surface area contributed by atoms with Crippen LogP contribution in [0.2, 0.25) is 0 Å². The summed E-state index contributed by atoms with van der Waals surface area (Å²) in [5.74, 6) is -1.76. The van der Waals surface area contributed by atoms with Gasteiger partial charge in [0, 0.05) is 27.7 Å². The Kier molecular flexibility index (Phi) is 5.76. The second kappa shape index (κ2) is 8.92. The van der Waals surface area contributed by atoms with E-state index in [0.717, 1.165) is 32.6 Å². The summed E-state index contributed by atoms with van der Waals surface area (Å²) < 4.78 is 16.4. The van der Waals surface area contributed by atoms with E-state index in [1.807, 2.05) is 55.7 Å². The van der Waals surface area contributed by atoms with Crippen LogP contribution in [0.25, 0.3) is 17.0 Å². The van der Waals surface area contributed by atoms with Crippen LogP contribution in [0.5, 0.6) is 0 Å². The molecule has 7 heteroatoms. The first-order chi connectivity index (χ1) is 17.2. The molecule has 4 aromatic rings. The first kappa shape index (κ1) is 23.2. The van der Waals surface area contributed by atoms with Gasteiger partial charge in [-0.05, 0) is 62.2 Å². The van der Waals surface area contributed by atoms with Crippen molar-refractivity contribution in [3.05, 3.63) is 106 Å². The van der Waals surface area contributed by atoms with Gasteiger partial charge in [0.15, 0.2) is 0 Å². The number of nitrogens with zero attached hydrogens (tertiary/aromatic N) is 2. The number of halogens is 1. The molecule has 0 atom stereocenters. The number of amides is 4. The van der Waals surface area contributed by atoms with Gasteiger partial charge in [-0.15, -0.1) is 0 Å². The molecule has 5 rings (SSSR count). The topological polar surface area (TPSA) is 71.4 Å². The van der Waals surface area contributed by atoms with E-state index >= 15 is 0 Å². The largest absolute Gasteiger partial charge is 0.340 e. The lowest BCUT2D eigenvalue weighted by Crippen LogP contribution is -2.54. The molecule has 1 N–H and O–H groups in total. The molecule has 1 aromatic heterocycles. The summed E-state index contributed by atoms with van der Waals surface area (Å²) >= 11 is 0. The average molecular weight is 482 g/mol. The number of carbonyl (C=O) groups is 3. The van der Waals surface area contributed by atoms with E-state index in [0.29, 0.717) is 16.8 Å². The summed E-state index contributed by atoms with van der Waals surface area (Å²) in [5, 5.41) is 3.11. The minimum atomic E-state index is -0.786. The minimum absolute atomic E-state index is 0.148. The number of anilines is 1. The lowest BCUT2D eigenvalue weighted by atomic mass is 10.0. The summed E-state index contributed by atoms with van der Waals surface area (Å²) in [6.07, 6.45) is 1.52. The number of aromatic nitrogens is 1. The van der Waals surface area contributed by atoms with Crippen molar-refractivity contribution in [3.8, 4) is 0 Å². The molecular weight excluding hydrogens is 457 g/mol. The van der Waals surface area contributed by atoms with Crippen LogP contribution in [0.1, 0.15) is 27.9 Å². The maximum atomic E-state index is 14.4. The highest BCUT2D eigenvalue weighted by atomic mass is 19.1. The molecule has 1 aliphatic rings. The lowest BCUT2D eigenvalue weighted by Gasteiger charge is -2.27. The summed E-state index contributed by atoms with van der Waals surface area (Å²) in [7, 11) is 0. The van der Waals surface area contributed by atoms with E-state index in [-0.39, 0.29) is 17.9 Å².